The van der Waals surface area contributed by atoms with Crippen molar-refractivity contribution in [2.75, 3.05) is 0 Å². The average Bonchev–Trinajstić information content (AvgIpc) is 2.98. The third-order valence-electron chi connectivity index (χ3n) is 2.93. The van der Waals surface area contributed by atoms with E-state index in [1.54, 1.807) is 11.3 Å². The Morgan fingerprint density at radius 2 is 2.26 bits per heavy atom. The fourth-order valence-corrected chi connectivity index (χ4v) is 2.84. The normalized spacial score (nSPS) is 11.4. The molecule has 0 aliphatic rings. The highest BCUT2D eigenvalue weighted by Gasteiger charge is 2.03. The van der Waals surface area contributed by atoms with E-state index in [0.717, 1.165) is 19.5 Å². The van der Waals surface area contributed by atoms with Crippen LogP contribution in [0.1, 0.15) is 43.5 Å². The number of aromatic nitrogens is 2. The molecule has 2 aromatic rings. The molecule has 0 radical (unpaired) electrons. The van der Waals surface area contributed by atoms with Gasteiger partial charge in [-0.25, -0.2) is 4.98 Å². The number of rotatable bonds is 7. The predicted octanol–water partition coefficient (Wildman–Crippen LogP) is 3.44. The molecule has 0 aliphatic carbocycles. The van der Waals surface area contributed by atoms with Gasteiger partial charge >= 0.3 is 0 Å². The maximum absolute atomic E-state index is 4.66. The van der Waals surface area contributed by atoms with Crippen molar-refractivity contribution >= 4 is 11.3 Å². The second kappa shape index (κ2) is 6.87. The number of hydrogen-bond acceptors (Lipinski definition) is 3. The third kappa shape index (κ3) is 4.48. The van der Waals surface area contributed by atoms with Gasteiger partial charge in [-0.2, -0.15) is 0 Å². The Morgan fingerprint density at radius 3 is 3.00 bits per heavy atom. The minimum Gasteiger partial charge on any atom is -0.348 e. The second-order valence-electron chi connectivity index (χ2n) is 5.21. The van der Waals surface area contributed by atoms with E-state index < -0.39 is 0 Å². The van der Waals surface area contributed by atoms with Gasteiger partial charge in [0, 0.05) is 30.4 Å². The van der Waals surface area contributed by atoms with Crippen molar-refractivity contribution in [2.45, 2.75) is 52.7 Å². The van der Waals surface area contributed by atoms with Crippen LogP contribution < -0.4 is 5.32 Å². The summed E-state index contributed by atoms with van der Waals surface area (Å²) in [7, 11) is 0. The molecular formula is C15H23N3S. The summed E-state index contributed by atoms with van der Waals surface area (Å²) >= 11 is 1.78. The molecule has 0 saturated heterocycles. The molecule has 0 fully saturated rings. The summed E-state index contributed by atoms with van der Waals surface area (Å²) in [4.78, 5) is 4.66. The van der Waals surface area contributed by atoms with Gasteiger partial charge in [0.25, 0.3) is 0 Å². The first-order valence-electron chi connectivity index (χ1n) is 6.98. The molecule has 2 rings (SSSR count). The van der Waals surface area contributed by atoms with E-state index >= 15 is 0 Å². The zero-order valence-electron chi connectivity index (χ0n) is 12.0. The quantitative estimate of drug-likeness (QED) is 0.840. The Hall–Kier alpha value is -1.13. The van der Waals surface area contributed by atoms with Crippen molar-refractivity contribution in [2.24, 2.45) is 0 Å². The van der Waals surface area contributed by atoms with Gasteiger partial charge < -0.3 is 9.88 Å². The molecular weight excluding hydrogens is 254 g/mol. The van der Waals surface area contributed by atoms with Crippen LogP contribution >= 0.6 is 11.3 Å². The van der Waals surface area contributed by atoms with Gasteiger partial charge in [-0.05, 0) is 24.5 Å². The van der Waals surface area contributed by atoms with E-state index in [4.69, 9.17) is 0 Å². The zero-order valence-corrected chi connectivity index (χ0v) is 12.8. The average molecular weight is 277 g/mol. The van der Waals surface area contributed by atoms with E-state index in [1.165, 1.54) is 22.7 Å². The monoisotopic (exact) mass is 277 g/mol. The Kier molecular flexibility index (Phi) is 5.16. The van der Waals surface area contributed by atoms with E-state index in [-0.39, 0.29) is 0 Å². The van der Waals surface area contributed by atoms with Gasteiger partial charge in [0.15, 0.2) is 0 Å². The smallest absolute Gasteiger partial charge is 0.0928 e. The first-order chi connectivity index (χ1) is 9.17. The number of thiazole rings is 1. The van der Waals surface area contributed by atoms with Crippen molar-refractivity contribution < 1.29 is 0 Å². The minimum atomic E-state index is 0.526. The summed E-state index contributed by atoms with van der Waals surface area (Å²) in [5.74, 6) is 0. The van der Waals surface area contributed by atoms with E-state index in [1.807, 2.05) is 0 Å². The highest BCUT2D eigenvalue weighted by molar-refractivity contribution is 7.09. The molecule has 3 nitrogen and oxygen atoms in total. The maximum Gasteiger partial charge on any atom is 0.0928 e. The SMILES string of the molecule is CCCc1nc(Cn2ccc(CNC(C)C)c2)cs1. The van der Waals surface area contributed by atoms with E-state index in [0.29, 0.717) is 6.04 Å². The van der Waals surface area contributed by atoms with Crippen LogP contribution in [0, 0.1) is 0 Å². The lowest BCUT2D eigenvalue weighted by atomic mass is 10.3. The molecule has 19 heavy (non-hydrogen) atoms. The zero-order chi connectivity index (χ0) is 13.7. The van der Waals surface area contributed by atoms with Gasteiger partial charge in [-0.1, -0.05) is 20.8 Å². The van der Waals surface area contributed by atoms with Gasteiger partial charge in [0.05, 0.1) is 17.2 Å². The Labute approximate surface area is 119 Å². The molecule has 0 spiro atoms. The molecule has 0 aromatic carbocycles. The summed E-state index contributed by atoms with van der Waals surface area (Å²) in [6.07, 6.45) is 6.60. The summed E-state index contributed by atoms with van der Waals surface area (Å²) in [5.41, 5.74) is 2.50. The molecule has 2 aromatic heterocycles. The molecule has 0 aliphatic heterocycles. The summed E-state index contributed by atoms with van der Waals surface area (Å²) in [6, 6.07) is 2.70. The standard InChI is InChI=1S/C15H23N3S/c1-4-5-15-17-14(11-19-15)10-18-7-6-13(9-18)8-16-12(2)3/h6-7,9,11-12,16H,4-5,8,10H2,1-3H3. The lowest BCUT2D eigenvalue weighted by Gasteiger charge is -2.05. The summed E-state index contributed by atoms with van der Waals surface area (Å²) in [6.45, 7) is 8.34. The lowest BCUT2D eigenvalue weighted by Crippen LogP contribution is -2.21. The van der Waals surface area contributed by atoms with Crippen LogP contribution in [0.3, 0.4) is 0 Å². The molecule has 0 unspecified atom stereocenters. The molecule has 2 heterocycles. The molecule has 0 amide bonds. The van der Waals surface area contributed by atoms with Crippen molar-refractivity contribution in [3.8, 4) is 0 Å². The number of hydrogen-bond donors (Lipinski definition) is 1. The van der Waals surface area contributed by atoms with Crippen LogP contribution in [0.2, 0.25) is 0 Å². The lowest BCUT2D eigenvalue weighted by molar-refractivity contribution is 0.588. The predicted molar refractivity (Wildman–Crippen MR) is 81.6 cm³/mol. The number of nitrogens with one attached hydrogen (secondary N) is 1. The fraction of sp³-hybridized carbons (Fsp3) is 0.533. The molecule has 1 N–H and O–H groups in total. The Balaban J connectivity index is 1.91. The van der Waals surface area contributed by atoms with Gasteiger partial charge in [-0.15, -0.1) is 11.3 Å². The van der Waals surface area contributed by atoms with Crippen LogP contribution in [0.25, 0.3) is 0 Å². The maximum atomic E-state index is 4.66. The third-order valence-corrected chi connectivity index (χ3v) is 3.89. The summed E-state index contributed by atoms with van der Waals surface area (Å²) in [5, 5.41) is 6.87. The molecule has 0 bridgehead atoms. The van der Waals surface area contributed by atoms with E-state index in [2.05, 4.69) is 59.5 Å². The number of aryl methyl sites for hydroxylation is 1. The van der Waals surface area contributed by atoms with Crippen LogP contribution in [0.4, 0.5) is 0 Å². The van der Waals surface area contributed by atoms with Crippen molar-refractivity contribution in [1.29, 1.82) is 0 Å². The van der Waals surface area contributed by atoms with Crippen LogP contribution in [-0.2, 0) is 19.5 Å². The fourth-order valence-electron chi connectivity index (χ4n) is 1.95. The van der Waals surface area contributed by atoms with Gasteiger partial charge in [0.2, 0.25) is 0 Å². The molecule has 0 saturated carbocycles. The Bertz CT molecular complexity index is 499. The van der Waals surface area contributed by atoms with Crippen molar-refractivity contribution in [1.82, 2.24) is 14.9 Å². The first-order valence-corrected chi connectivity index (χ1v) is 7.86. The summed E-state index contributed by atoms with van der Waals surface area (Å²) < 4.78 is 2.21. The van der Waals surface area contributed by atoms with Crippen molar-refractivity contribution in [3.05, 3.63) is 40.1 Å². The molecule has 4 heteroatoms. The first kappa shape index (κ1) is 14.3. The topological polar surface area (TPSA) is 29.9 Å². The van der Waals surface area contributed by atoms with Gasteiger partial charge in [0.1, 0.15) is 0 Å². The molecule has 104 valence electrons. The van der Waals surface area contributed by atoms with E-state index in [9.17, 15) is 0 Å². The van der Waals surface area contributed by atoms with Crippen LogP contribution in [0.5, 0.6) is 0 Å². The second-order valence-corrected chi connectivity index (χ2v) is 6.15. The highest BCUT2D eigenvalue weighted by atomic mass is 32.1. The van der Waals surface area contributed by atoms with Crippen LogP contribution in [0.15, 0.2) is 23.8 Å². The highest BCUT2D eigenvalue weighted by Crippen LogP contribution is 2.13. The van der Waals surface area contributed by atoms with Gasteiger partial charge in [-0.3, -0.25) is 0 Å². The minimum absolute atomic E-state index is 0.526. The largest absolute Gasteiger partial charge is 0.348 e. The number of nitrogens with zero attached hydrogens (tertiary/aromatic N) is 2. The van der Waals surface area contributed by atoms with Crippen molar-refractivity contribution in [3.63, 3.8) is 0 Å². The van der Waals surface area contributed by atoms with Crippen LogP contribution in [-0.4, -0.2) is 15.6 Å². The molecule has 0 atom stereocenters. The Morgan fingerprint density at radius 1 is 1.42 bits per heavy atom.